The Morgan fingerprint density at radius 1 is 1.14 bits per heavy atom. The van der Waals surface area contributed by atoms with Gasteiger partial charge in [0.25, 0.3) is 0 Å². The molecular formula is H3NaO4PtS. The molecule has 0 spiro atoms. The van der Waals surface area contributed by atoms with Gasteiger partial charge in [-0.2, -0.15) is 8.42 Å². The van der Waals surface area contributed by atoms with Crippen molar-refractivity contribution in [2.75, 3.05) is 0 Å². The molecule has 2 N–H and O–H groups in total. The zero-order valence-corrected chi connectivity index (χ0v) is 5.52. The van der Waals surface area contributed by atoms with Crippen LogP contribution in [0.25, 0.3) is 0 Å². The molecular weight excluding hydrogens is 314 g/mol. The first-order valence-corrected chi connectivity index (χ1v) is 2.10. The van der Waals surface area contributed by atoms with Gasteiger partial charge in [0.05, 0.1) is 0 Å². The van der Waals surface area contributed by atoms with Crippen molar-refractivity contribution in [3.63, 3.8) is 0 Å². The molecule has 0 radical (unpaired) electrons. The van der Waals surface area contributed by atoms with Gasteiger partial charge in [0.15, 0.2) is 0 Å². The molecule has 0 rings (SSSR count). The first kappa shape index (κ1) is 15.8. The van der Waals surface area contributed by atoms with Crippen LogP contribution in [0.1, 0.15) is 0 Å². The fourth-order valence-electron chi connectivity index (χ4n) is 0. The third kappa shape index (κ3) is 96.2. The fraction of sp³-hybridized carbons (Fsp3) is 0. The van der Waals surface area contributed by atoms with Gasteiger partial charge in [-0.1, -0.05) is 0 Å². The number of hydrogen-bond donors (Lipinski definition) is 2. The van der Waals surface area contributed by atoms with Gasteiger partial charge in [0.2, 0.25) is 0 Å². The molecule has 0 unspecified atom stereocenters. The van der Waals surface area contributed by atoms with Gasteiger partial charge in [-0.25, -0.2) is 0 Å². The molecule has 0 atom stereocenters. The van der Waals surface area contributed by atoms with Crippen molar-refractivity contribution in [3.8, 4) is 0 Å². The third-order valence-corrected chi connectivity index (χ3v) is 0. The van der Waals surface area contributed by atoms with Crippen molar-refractivity contribution in [1.82, 2.24) is 0 Å². The average Bonchev–Trinajstić information content (AvgIpc) is 0.722. The first-order valence-electron chi connectivity index (χ1n) is 0.698. The van der Waals surface area contributed by atoms with Crippen LogP contribution in [-0.4, -0.2) is 47.1 Å². The van der Waals surface area contributed by atoms with Gasteiger partial charge in [-0.05, 0) is 0 Å². The predicted octanol–water partition coefficient (Wildman–Crippen LogP) is -1.30. The van der Waals surface area contributed by atoms with Crippen LogP contribution in [0.4, 0.5) is 0 Å². The minimum absolute atomic E-state index is 0. The van der Waals surface area contributed by atoms with E-state index in [9.17, 15) is 0 Å². The Morgan fingerprint density at radius 2 is 1.14 bits per heavy atom. The summed E-state index contributed by atoms with van der Waals surface area (Å²) >= 11 is 0. The summed E-state index contributed by atoms with van der Waals surface area (Å²) in [5.74, 6) is 0. The van der Waals surface area contributed by atoms with Gasteiger partial charge in [-0.3, -0.25) is 9.11 Å². The smallest absolute Gasteiger partial charge is 0 e. The molecule has 0 aromatic rings. The van der Waals surface area contributed by atoms with Crippen LogP contribution in [-0.2, 0) is 31.5 Å². The van der Waals surface area contributed by atoms with E-state index >= 15 is 0 Å². The zero-order chi connectivity index (χ0) is 4.50. The van der Waals surface area contributed by atoms with Crippen molar-refractivity contribution in [2.24, 2.45) is 0 Å². The second-order valence-corrected chi connectivity index (χ2v) is 1.34. The molecule has 0 aliphatic carbocycles. The predicted molar refractivity (Wildman–Crippen MR) is 21.3 cm³/mol. The molecule has 0 heterocycles. The molecule has 44 valence electrons. The van der Waals surface area contributed by atoms with Crippen LogP contribution < -0.4 is 0 Å². The summed E-state index contributed by atoms with van der Waals surface area (Å²) in [6.45, 7) is 0. The van der Waals surface area contributed by atoms with E-state index in [1.807, 2.05) is 0 Å². The van der Waals surface area contributed by atoms with Crippen molar-refractivity contribution in [2.45, 2.75) is 0 Å². The van der Waals surface area contributed by atoms with Gasteiger partial charge in [0, 0.05) is 21.1 Å². The van der Waals surface area contributed by atoms with Gasteiger partial charge in [0.1, 0.15) is 0 Å². The monoisotopic (exact) mass is 317 g/mol. The normalized spacial score (nSPS) is 8.29. The van der Waals surface area contributed by atoms with Crippen molar-refractivity contribution < 1.29 is 38.6 Å². The molecule has 0 saturated heterocycles. The molecule has 4 nitrogen and oxygen atoms in total. The summed E-state index contributed by atoms with van der Waals surface area (Å²) in [6.07, 6.45) is 0. The summed E-state index contributed by atoms with van der Waals surface area (Å²) < 4.78 is 31.6. The molecule has 0 fully saturated rings. The largest absolute Gasteiger partial charge is 0 e. The second-order valence-electron chi connectivity index (χ2n) is 0.448. The summed E-state index contributed by atoms with van der Waals surface area (Å²) in [7, 11) is -4.67. The Balaban J connectivity index is -0.0000000800. The Labute approximate surface area is 77.8 Å². The quantitative estimate of drug-likeness (QED) is 0.430. The second kappa shape index (κ2) is 5.69. The molecule has 0 aromatic heterocycles. The number of rotatable bonds is 0. The Hall–Kier alpha value is 1.56. The van der Waals surface area contributed by atoms with Crippen molar-refractivity contribution in [3.05, 3.63) is 0 Å². The topological polar surface area (TPSA) is 74.6 Å². The van der Waals surface area contributed by atoms with Gasteiger partial charge in [-0.15, -0.1) is 0 Å². The average molecular weight is 317 g/mol. The maximum absolute atomic E-state index is 8.74. The molecule has 0 aromatic carbocycles. The maximum atomic E-state index is 8.74. The van der Waals surface area contributed by atoms with E-state index in [4.69, 9.17) is 17.5 Å². The molecule has 7 heavy (non-hydrogen) atoms. The standard InChI is InChI=1S/Na.H2O4S.Pt.H/c;1-5(2,3)4;;/h;(H2,1,2,3,4);;. The molecule has 0 bridgehead atoms. The SMILES string of the molecule is O=S(=O)(O)O.[NaH].[Pt]. The summed E-state index contributed by atoms with van der Waals surface area (Å²) in [5.41, 5.74) is 0. The third-order valence-electron chi connectivity index (χ3n) is 0. The van der Waals surface area contributed by atoms with Crippen LogP contribution in [0.3, 0.4) is 0 Å². The van der Waals surface area contributed by atoms with Gasteiger partial charge >= 0.3 is 40.0 Å². The Kier molecular flexibility index (Phi) is 12.9. The van der Waals surface area contributed by atoms with E-state index in [1.165, 1.54) is 0 Å². The van der Waals surface area contributed by atoms with E-state index in [-0.39, 0.29) is 50.6 Å². The van der Waals surface area contributed by atoms with E-state index in [2.05, 4.69) is 0 Å². The van der Waals surface area contributed by atoms with Crippen molar-refractivity contribution in [1.29, 1.82) is 0 Å². The van der Waals surface area contributed by atoms with Crippen LogP contribution >= 0.6 is 0 Å². The number of hydrogen-bond acceptors (Lipinski definition) is 2. The summed E-state index contributed by atoms with van der Waals surface area (Å²) in [6, 6.07) is 0. The van der Waals surface area contributed by atoms with E-state index in [0.717, 1.165) is 0 Å². The van der Waals surface area contributed by atoms with Crippen LogP contribution in [0, 0.1) is 0 Å². The Bertz CT molecular complexity index is 94.9. The minimum atomic E-state index is -4.67. The summed E-state index contributed by atoms with van der Waals surface area (Å²) in [4.78, 5) is 0. The molecule has 0 aliphatic heterocycles. The van der Waals surface area contributed by atoms with Crippen molar-refractivity contribution >= 4 is 40.0 Å². The van der Waals surface area contributed by atoms with Crippen LogP contribution in [0.15, 0.2) is 0 Å². The summed E-state index contributed by atoms with van der Waals surface area (Å²) in [5, 5.41) is 0. The zero-order valence-electron chi connectivity index (χ0n) is 2.44. The Morgan fingerprint density at radius 3 is 1.14 bits per heavy atom. The minimum Gasteiger partial charge on any atom is 0 e. The fourth-order valence-corrected chi connectivity index (χ4v) is 0. The van der Waals surface area contributed by atoms with Crippen LogP contribution in [0.5, 0.6) is 0 Å². The molecule has 0 aliphatic rings. The molecule has 0 amide bonds. The van der Waals surface area contributed by atoms with Crippen LogP contribution in [0.2, 0.25) is 0 Å². The first-order chi connectivity index (χ1) is 2.00. The molecule has 7 heteroatoms. The maximum Gasteiger partial charge on any atom is 0 e. The van der Waals surface area contributed by atoms with E-state index in [0.29, 0.717) is 0 Å². The molecule has 0 saturated carbocycles. The van der Waals surface area contributed by atoms with E-state index < -0.39 is 10.4 Å². The van der Waals surface area contributed by atoms with Gasteiger partial charge < -0.3 is 0 Å². The van der Waals surface area contributed by atoms with E-state index in [1.54, 1.807) is 0 Å².